The molecule has 0 fully saturated rings. The van der Waals surface area contributed by atoms with Gasteiger partial charge in [-0.3, -0.25) is 0 Å². The van der Waals surface area contributed by atoms with E-state index in [1.165, 1.54) is 0 Å². The Balaban J connectivity index is 1.88. The molecule has 1 aromatic carbocycles. The van der Waals surface area contributed by atoms with Crippen LogP contribution in [0.2, 0.25) is 10.0 Å². The zero-order valence-electron chi connectivity index (χ0n) is 9.34. The third-order valence-corrected chi connectivity index (χ3v) is 3.03. The molecule has 94 valence electrons. The Bertz CT molecular complexity index is 540. The molecule has 1 aromatic heterocycles. The number of halogens is 2. The van der Waals surface area contributed by atoms with Crippen LogP contribution in [-0.2, 0) is 6.54 Å². The van der Waals surface area contributed by atoms with Gasteiger partial charge in [-0.1, -0.05) is 23.2 Å². The fourth-order valence-electron chi connectivity index (χ4n) is 1.40. The second-order valence-corrected chi connectivity index (χ2v) is 4.47. The Labute approximate surface area is 114 Å². The molecule has 0 unspecified atom stereocenters. The third kappa shape index (κ3) is 3.42. The fraction of sp³-hybridized carbons (Fsp3) is 0.0833. The molecule has 4 nitrogen and oxygen atoms in total. The van der Waals surface area contributed by atoms with E-state index in [4.69, 9.17) is 23.2 Å². The van der Waals surface area contributed by atoms with Gasteiger partial charge in [-0.05, 0) is 29.8 Å². The number of carbonyl (C=O) groups excluding carboxylic acids is 1. The van der Waals surface area contributed by atoms with Crippen LogP contribution in [-0.4, -0.2) is 11.0 Å². The van der Waals surface area contributed by atoms with E-state index >= 15 is 0 Å². The maximum atomic E-state index is 11.6. The summed E-state index contributed by atoms with van der Waals surface area (Å²) in [4.78, 5) is 14.5. The Morgan fingerprint density at radius 1 is 1.22 bits per heavy atom. The van der Waals surface area contributed by atoms with E-state index < -0.39 is 0 Å². The lowest BCUT2D eigenvalue weighted by Crippen LogP contribution is -2.27. The molecule has 0 saturated heterocycles. The van der Waals surface area contributed by atoms with E-state index in [-0.39, 0.29) is 6.03 Å². The molecule has 2 rings (SSSR count). The van der Waals surface area contributed by atoms with E-state index in [1.54, 1.807) is 24.4 Å². The highest BCUT2D eigenvalue weighted by Gasteiger charge is 2.04. The van der Waals surface area contributed by atoms with Crippen molar-refractivity contribution < 1.29 is 4.79 Å². The summed E-state index contributed by atoms with van der Waals surface area (Å²) >= 11 is 11.6. The molecule has 6 heteroatoms. The minimum atomic E-state index is -0.297. The summed E-state index contributed by atoms with van der Waals surface area (Å²) in [5, 5.41) is 6.25. The van der Waals surface area contributed by atoms with Crippen LogP contribution in [0.4, 0.5) is 10.5 Å². The molecule has 0 saturated carbocycles. The smallest absolute Gasteiger partial charge is 0.319 e. The van der Waals surface area contributed by atoms with Crippen molar-refractivity contribution in [1.29, 1.82) is 0 Å². The Hall–Kier alpha value is -1.65. The van der Waals surface area contributed by atoms with Crippen molar-refractivity contribution in [2.45, 2.75) is 6.54 Å². The zero-order chi connectivity index (χ0) is 13.0. The quantitative estimate of drug-likeness (QED) is 0.791. The highest BCUT2D eigenvalue weighted by molar-refractivity contribution is 6.42. The van der Waals surface area contributed by atoms with Gasteiger partial charge in [0.25, 0.3) is 0 Å². The topological polar surface area (TPSA) is 56.9 Å². The Morgan fingerprint density at radius 3 is 2.72 bits per heavy atom. The molecule has 0 aliphatic rings. The predicted octanol–water partition coefficient (Wildman–Crippen LogP) is 3.64. The van der Waals surface area contributed by atoms with Crippen LogP contribution in [0.25, 0.3) is 0 Å². The highest BCUT2D eigenvalue weighted by Crippen LogP contribution is 2.24. The van der Waals surface area contributed by atoms with Crippen LogP contribution >= 0.6 is 23.2 Å². The van der Waals surface area contributed by atoms with Gasteiger partial charge >= 0.3 is 6.03 Å². The van der Waals surface area contributed by atoms with E-state index in [0.29, 0.717) is 22.3 Å². The standard InChI is InChI=1S/C12H11Cl2N3O/c13-10-2-1-9(5-11(10)14)17-12(18)16-7-8-3-4-15-6-8/h1-6,15H,7H2,(H2,16,17,18). The number of benzene rings is 1. The second-order valence-electron chi connectivity index (χ2n) is 3.66. The summed E-state index contributed by atoms with van der Waals surface area (Å²) in [5.41, 5.74) is 1.59. The van der Waals surface area contributed by atoms with Gasteiger partial charge in [0.05, 0.1) is 10.0 Å². The molecule has 0 radical (unpaired) electrons. The average Bonchev–Trinajstić information content (AvgIpc) is 2.84. The number of hydrogen-bond acceptors (Lipinski definition) is 1. The van der Waals surface area contributed by atoms with Crippen molar-refractivity contribution in [3.05, 3.63) is 52.3 Å². The Kier molecular flexibility index (Phi) is 4.12. The van der Waals surface area contributed by atoms with Gasteiger partial charge in [0.2, 0.25) is 0 Å². The molecule has 3 N–H and O–H groups in total. The van der Waals surface area contributed by atoms with Crippen LogP contribution in [0.5, 0.6) is 0 Å². The van der Waals surface area contributed by atoms with Crippen LogP contribution in [0, 0.1) is 0 Å². The minimum Gasteiger partial charge on any atom is -0.367 e. The third-order valence-electron chi connectivity index (χ3n) is 2.29. The van der Waals surface area contributed by atoms with Crippen molar-refractivity contribution in [2.75, 3.05) is 5.32 Å². The minimum absolute atomic E-state index is 0.297. The predicted molar refractivity (Wildman–Crippen MR) is 73.1 cm³/mol. The van der Waals surface area contributed by atoms with Crippen LogP contribution in [0.3, 0.4) is 0 Å². The first-order chi connectivity index (χ1) is 8.65. The van der Waals surface area contributed by atoms with E-state index in [1.807, 2.05) is 12.3 Å². The normalized spacial score (nSPS) is 10.1. The second kappa shape index (κ2) is 5.80. The lowest BCUT2D eigenvalue weighted by Gasteiger charge is -2.07. The summed E-state index contributed by atoms with van der Waals surface area (Å²) in [6.45, 7) is 0.455. The molecular weight excluding hydrogens is 273 g/mol. The van der Waals surface area contributed by atoms with Gasteiger partial charge in [0.1, 0.15) is 0 Å². The van der Waals surface area contributed by atoms with Crippen LogP contribution < -0.4 is 10.6 Å². The Morgan fingerprint density at radius 2 is 2.06 bits per heavy atom. The summed E-state index contributed by atoms with van der Waals surface area (Å²) in [6, 6.07) is 6.50. The maximum absolute atomic E-state index is 11.6. The van der Waals surface area contributed by atoms with Crippen molar-refractivity contribution in [3.63, 3.8) is 0 Å². The number of carbonyl (C=O) groups is 1. The molecule has 0 aliphatic heterocycles. The number of rotatable bonds is 3. The number of aromatic amines is 1. The van der Waals surface area contributed by atoms with Gasteiger partial charge in [-0.15, -0.1) is 0 Å². The van der Waals surface area contributed by atoms with Gasteiger partial charge in [-0.25, -0.2) is 4.79 Å². The van der Waals surface area contributed by atoms with Gasteiger partial charge in [0, 0.05) is 24.6 Å². The summed E-state index contributed by atoms with van der Waals surface area (Å²) in [5.74, 6) is 0. The molecule has 2 amide bonds. The first-order valence-electron chi connectivity index (χ1n) is 5.27. The SMILES string of the molecule is O=C(NCc1cc[nH]c1)Nc1ccc(Cl)c(Cl)c1. The molecule has 0 spiro atoms. The largest absolute Gasteiger partial charge is 0.367 e. The number of amides is 2. The molecule has 2 aromatic rings. The number of hydrogen-bond donors (Lipinski definition) is 3. The van der Waals surface area contributed by atoms with Gasteiger partial charge in [-0.2, -0.15) is 0 Å². The summed E-state index contributed by atoms with van der Waals surface area (Å²) in [7, 11) is 0. The van der Waals surface area contributed by atoms with Gasteiger partial charge in [0.15, 0.2) is 0 Å². The molecule has 18 heavy (non-hydrogen) atoms. The highest BCUT2D eigenvalue weighted by atomic mass is 35.5. The van der Waals surface area contributed by atoms with E-state index in [2.05, 4.69) is 15.6 Å². The van der Waals surface area contributed by atoms with Crippen molar-refractivity contribution in [2.24, 2.45) is 0 Å². The monoisotopic (exact) mass is 283 g/mol. The number of anilines is 1. The lowest BCUT2D eigenvalue weighted by molar-refractivity contribution is 0.252. The molecule has 1 heterocycles. The number of urea groups is 1. The van der Waals surface area contributed by atoms with Crippen molar-refractivity contribution in [1.82, 2.24) is 10.3 Å². The van der Waals surface area contributed by atoms with Gasteiger partial charge < -0.3 is 15.6 Å². The van der Waals surface area contributed by atoms with Crippen molar-refractivity contribution >= 4 is 34.9 Å². The first-order valence-corrected chi connectivity index (χ1v) is 6.02. The molecule has 0 aliphatic carbocycles. The lowest BCUT2D eigenvalue weighted by atomic mass is 10.3. The van der Waals surface area contributed by atoms with Crippen molar-refractivity contribution in [3.8, 4) is 0 Å². The zero-order valence-corrected chi connectivity index (χ0v) is 10.8. The van der Waals surface area contributed by atoms with Crippen LogP contribution in [0.1, 0.15) is 5.56 Å². The average molecular weight is 284 g/mol. The maximum Gasteiger partial charge on any atom is 0.319 e. The first kappa shape index (κ1) is 12.8. The molecule has 0 bridgehead atoms. The van der Waals surface area contributed by atoms with Crippen LogP contribution in [0.15, 0.2) is 36.7 Å². The number of H-pyrrole nitrogens is 1. The summed E-state index contributed by atoms with van der Waals surface area (Å²) < 4.78 is 0. The van der Waals surface area contributed by atoms with E-state index in [9.17, 15) is 4.79 Å². The number of nitrogens with one attached hydrogen (secondary N) is 3. The molecular formula is C12H11Cl2N3O. The molecule has 0 atom stereocenters. The summed E-state index contributed by atoms with van der Waals surface area (Å²) in [6.07, 6.45) is 3.62. The van der Waals surface area contributed by atoms with E-state index in [0.717, 1.165) is 5.56 Å². The number of aromatic nitrogens is 1. The fourth-order valence-corrected chi connectivity index (χ4v) is 1.70.